The predicted octanol–water partition coefficient (Wildman–Crippen LogP) is -0.234. The summed E-state index contributed by atoms with van der Waals surface area (Å²) in [4.78, 5) is 23.1. The summed E-state index contributed by atoms with van der Waals surface area (Å²) in [6.45, 7) is 0. The molecule has 2 aromatic rings. The number of aryl methyl sites for hydroxylation is 1. The molecule has 0 spiro atoms. The molecular weight excluding hydrogens is 250 g/mol. The third-order valence-electron chi connectivity index (χ3n) is 2.43. The molecule has 0 bridgehead atoms. The Balaban J connectivity index is 2.18. The van der Waals surface area contributed by atoms with Crippen LogP contribution in [0.2, 0.25) is 0 Å². The maximum Gasteiger partial charge on any atom is 0.331 e. The highest BCUT2D eigenvalue weighted by Crippen LogP contribution is 2.12. The molecule has 2 aromatic heterocycles. The van der Waals surface area contributed by atoms with Crippen LogP contribution in [-0.2, 0) is 11.8 Å². The van der Waals surface area contributed by atoms with Crippen LogP contribution in [0.3, 0.4) is 0 Å². The number of aromatic nitrogens is 4. The Hall–Kier alpha value is -2.77. The summed E-state index contributed by atoms with van der Waals surface area (Å²) in [6, 6.07) is 0.291. The summed E-state index contributed by atoms with van der Waals surface area (Å²) in [5.41, 5.74) is 0.635. The lowest BCUT2D eigenvalue weighted by Gasteiger charge is -2.12. The molecule has 0 fully saturated rings. The van der Waals surface area contributed by atoms with Crippen LogP contribution < -0.4 is 5.32 Å². The van der Waals surface area contributed by atoms with Gasteiger partial charge >= 0.3 is 5.97 Å². The van der Waals surface area contributed by atoms with Crippen LogP contribution in [-0.4, -0.2) is 37.0 Å². The zero-order valence-corrected chi connectivity index (χ0v) is 10.0. The van der Waals surface area contributed by atoms with Crippen LogP contribution in [0.5, 0.6) is 0 Å². The molecule has 1 amide bonds. The number of carbonyl (C=O) groups excluding carboxylic acids is 1. The zero-order chi connectivity index (χ0) is 13.8. The van der Waals surface area contributed by atoms with Crippen molar-refractivity contribution in [2.45, 2.75) is 6.04 Å². The largest absolute Gasteiger partial charge is 0.479 e. The molecule has 0 aromatic carbocycles. The van der Waals surface area contributed by atoms with E-state index < -0.39 is 17.9 Å². The molecule has 98 valence electrons. The van der Waals surface area contributed by atoms with Gasteiger partial charge in [0.25, 0.3) is 5.91 Å². The van der Waals surface area contributed by atoms with E-state index in [2.05, 4.69) is 20.6 Å². The molecule has 8 heteroatoms. The lowest BCUT2D eigenvalue weighted by molar-refractivity contribution is -0.139. The van der Waals surface area contributed by atoms with Crippen LogP contribution in [0.25, 0.3) is 0 Å². The molecule has 1 unspecified atom stereocenters. The lowest BCUT2D eigenvalue weighted by Crippen LogP contribution is -2.33. The summed E-state index contributed by atoms with van der Waals surface area (Å²) in [6.07, 6.45) is 5.54. The van der Waals surface area contributed by atoms with Crippen LogP contribution >= 0.6 is 0 Å². The Kier molecular flexibility index (Phi) is 3.51. The number of nitrogens with zero attached hydrogens (tertiary/aromatic N) is 4. The molecule has 0 aliphatic heterocycles. The molecule has 2 rings (SSSR count). The molecular formula is C11H11N5O3. The molecule has 8 nitrogen and oxygen atoms in total. The fourth-order valence-corrected chi connectivity index (χ4v) is 1.52. The Bertz CT molecular complexity index is 595. The SMILES string of the molecule is Cn1cc(C(NC(=O)c2ccnnc2)C(=O)O)cn1. The smallest absolute Gasteiger partial charge is 0.331 e. The number of rotatable bonds is 4. The Labute approximate surface area is 108 Å². The Morgan fingerprint density at radius 1 is 1.37 bits per heavy atom. The summed E-state index contributed by atoms with van der Waals surface area (Å²) in [7, 11) is 1.66. The number of carboxylic acid groups (broad SMARTS) is 1. The second-order valence-corrected chi connectivity index (χ2v) is 3.82. The first-order chi connectivity index (χ1) is 9.08. The summed E-state index contributed by atoms with van der Waals surface area (Å²) >= 11 is 0. The van der Waals surface area contributed by atoms with Gasteiger partial charge in [-0.3, -0.25) is 9.48 Å². The molecule has 0 saturated heterocycles. The third kappa shape index (κ3) is 2.92. The van der Waals surface area contributed by atoms with Gasteiger partial charge in [-0.25, -0.2) is 4.79 Å². The quantitative estimate of drug-likeness (QED) is 0.786. The van der Waals surface area contributed by atoms with Gasteiger partial charge in [0.1, 0.15) is 0 Å². The van der Waals surface area contributed by atoms with E-state index in [0.29, 0.717) is 5.56 Å². The van der Waals surface area contributed by atoms with Gasteiger partial charge in [-0.2, -0.15) is 15.3 Å². The van der Waals surface area contributed by atoms with Crippen molar-refractivity contribution in [3.8, 4) is 0 Å². The highest BCUT2D eigenvalue weighted by Gasteiger charge is 2.24. The number of carbonyl (C=O) groups is 2. The maximum atomic E-state index is 11.9. The standard InChI is InChI=1S/C11H11N5O3/c1-16-6-8(5-14-16)9(11(18)19)15-10(17)7-2-3-12-13-4-7/h2-6,9H,1H3,(H,15,17)(H,18,19). The van der Waals surface area contributed by atoms with Gasteiger partial charge in [-0.05, 0) is 6.07 Å². The van der Waals surface area contributed by atoms with E-state index in [0.717, 1.165) is 0 Å². The predicted molar refractivity (Wildman–Crippen MR) is 63.1 cm³/mol. The van der Waals surface area contributed by atoms with Gasteiger partial charge < -0.3 is 10.4 Å². The van der Waals surface area contributed by atoms with Crippen LogP contribution in [0, 0.1) is 0 Å². The van der Waals surface area contributed by atoms with E-state index in [4.69, 9.17) is 5.11 Å². The number of hydrogen-bond acceptors (Lipinski definition) is 5. The second-order valence-electron chi connectivity index (χ2n) is 3.82. The molecule has 0 saturated carbocycles. The van der Waals surface area contributed by atoms with Crippen molar-refractivity contribution in [3.05, 3.63) is 42.0 Å². The van der Waals surface area contributed by atoms with Gasteiger partial charge in [0.2, 0.25) is 0 Å². The summed E-state index contributed by atoms with van der Waals surface area (Å²) < 4.78 is 1.46. The number of amides is 1. The highest BCUT2D eigenvalue weighted by molar-refractivity contribution is 5.96. The first-order valence-electron chi connectivity index (χ1n) is 5.37. The molecule has 0 aliphatic carbocycles. The average Bonchev–Trinajstić information content (AvgIpc) is 2.82. The van der Waals surface area contributed by atoms with E-state index in [1.807, 2.05) is 0 Å². The van der Waals surface area contributed by atoms with Gasteiger partial charge in [-0.15, -0.1) is 0 Å². The maximum absolute atomic E-state index is 11.9. The minimum Gasteiger partial charge on any atom is -0.479 e. The average molecular weight is 261 g/mol. The number of carboxylic acids is 1. The molecule has 0 aliphatic rings. The van der Waals surface area contributed by atoms with Crippen molar-refractivity contribution >= 4 is 11.9 Å². The summed E-state index contributed by atoms with van der Waals surface area (Å²) in [5, 5.41) is 22.5. The number of nitrogens with one attached hydrogen (secondary N) is 1. The van der Waals surface area contributed by atoms with Gasteiger partial charge in [0.05, 0.1) is 24.2 Å². The van der Waals surface area contributed by atoms with Crippen LogP contribution in [0.1, 0.15) is 22.0 Å². The minimum atomic E-state index is -1.16. The fraction of sp³-hybridized carbons (Fsp3) is 0.182. The molecule has 2 N–H and O–H groups in total. The van der Waals surface area contributed by atoms with E-state index in [9.17, 15) is 9.59 Å². The zero-order valence-electron chi connectivity index (χ0n) is 10.0. The van der Waals surface area contributed by atoms with E-state index >= 15 is 0 Å². The minimum absolute atomic E-state index is 0.241. The lowest BCUT2D eigenvalue weighted by atomic mass is 10.1. The second kappa shape index (κ2) is 5.25. The van der Waals surface area contributed by atoms with Crippen molar-refractivity contribution < 1.29 is 14.7 Å². The van der Waals surface area contributed by atoms with Gasteiger partial charge in [0, 0.05) is 18.8 Å². The van der Waals surface area contributed by atoms with E-state index in [1.54, 1.807) is 7.05 Å². The topological polar surface area (TPSA) is 110 Å². The van der Waals surface area contributed by atoms with Gasteiger partial charge in [0.15, 0.2) is 6.04 Å². The third-order valence-corrected chi connectivity index (χ3v) is 2.43. The van der Waals surface area contributed by atoms with E-state index in [1.165, 1.54) is 35.5 Å². The van der Waals surface area contributed by atoms with Crippen molar-refractivity contribution in [1.29, 1.82) is 0 Å². The van der Waals surface area contributed by atoms with Crippen molar-refractivity contribution in [3.63, 3.8) is 0 Å². The van der Waals surface area contributed by atoms with Crippen molar-refractivity contribution in [2.24, 2.45) is 7.05 Å². The van der Waals surface area contributed by atoms with Crippen molar-refractivity contribution in [2.75, 3.05) is 0 Å². The normalized spacial score (nSPS) is 11.8. The van der Waals surface area contributed by atoms with Crippen LogP contribution in [0.15, 0.2) is 30.9 Å². The van der Waals surface area contributed by atoms with Crippen LogP contribution in [0.4, 0.5) is 0 Å². The molecule has 19 heavy (non-hydrogen) atoms. The first kappa shape index (κ1) is 12.7. The molecule has 2 heterocycles. The summed E-state index contributed by atoms with van der Waals surface area (Å²) in [5.74, 6) is -1.70. The van der Waals surface area contributed by atoms with Gasteiger partial charge in [-0.1, -0.05) is 0 Å². The number of hydrogen-bond donors (Lipinski definition) is 2. The fourth-order valence-electron chi connectivity index (χ4n) is 1.52. The Morgan fingerprint density at radius 3 is 2.68 bits per heavy atom. The number of aliphatic carboxylic acids is 1. The monoisotopic (exact) mass is 261 g/mol. The Morgan fingerprint density at radius 2 is 2.16 bits per heavy atom. The first-order valence-corrected chi connectivity index (χ1v) is 5.37. The molecule has 1 atom stereocenters. The van der Waals surface area contributed by atoms with E-state index in [-0.39, 0.29) is 5.56 Å². The highest BCUT2D eigenvalue weighted by atomic mass is 16.4. The van der Waals surface area contributed by atoms with Crippen molar-refractivity contribution in [1.82, 2.24) is 25.3 Å². The molecule has 0 radical (unpaired) electrons.